The predicted molar refractivity (Wildman–Crippen MR) is 126 cm³/mol. The number of ether oxygens (including phenoxy) is 1. The van der Waals surface area contributed by atoms with Crippen molar-refractivity contribution in [2.24, 2.45) is 5.73 Å². The van der Waals surface area contributed by atoms with Gasteiger partial charge in [-0.05, 0) is 55.4 Å². The summed E-state index contributed by atoms with van der Waals surface area (Å²) in [5.74, 6) is 0.701. The second-order valence-electron chi connectivity index (χ2n) is 7.20. The number of hydrogen-bond donors (Lipinski definition) is 2. The van der Waals surface area contributed by atoms with E-state index in [1.54, 1.807) is 7.11 Å². The summed E-state index contributed by atoms with van der Waals surface area (Å²) >= 11 is 5.03. The van der Waals surface area contributed by atoms with Crippen LogP contribution in [0.2, 0.25) is 0 Å². The molecular formula is C24H27N3OS. The van der Waals surface area contributed by atoms with Gasteiger partial charge in [-0.15, -0.1) is 0 Å². The third-order valence-corrected chi connectivity index (χ3v) is 4.90. The lowest BCUT2D eigenvalue weighted by Crippen LogP contribution is -2.23. The van der Waals surface area contributed by atoms with Crippen LogP contribution < -0.4 is 20.7 Å². The number of nitrogens with one attached hydrogen (secondary N) is 1. The van der Waals surface area contributed by atoms with Crippen molar-refractivity contribution in [3.8, 4) is 5.75 Å². The first kappa shape index (κ1) is 20.7. The Balaban J connectivity index is 1.95. The molecule has 3 aromatic carbocycles. The molecule has 0 aliphatic carbocycles. The van der Waals surface area contributed by atoms with Crippen LogP contribution in [0.5, 0.6) is 5.75 Å². The summed E-state index contributed by atoms with van der Waals surface area (Å²) in [4.78, 5) is 2.33. The lowest BCUT2D eigenvalue weighted by molar-refractivity contribution is 0.417. The number of rotatable bonds is 7. The van der Waals surface area contributed by atoms with Crippen molar-refractivity contribution in [3.63, 3.8) is 0 Å². The van der Waals surface area contributed by atoms with Crippen LogP contribution in [-0.4, -0.2) is 12.2 Å². The monoisotopic (exact) mass is 405 g/mol. The first-order valence-corrected chi connectivity index (χ1v) is 9.96. The van der Waals surface area contributed by atoms with Gasteiger partial charge in [-0.1, -0.05) is 59.7 Å². The van der Waals surface area contributed by atoms with Crippen LogP contribution in [0.4, 0.5) is 11.4 Å². The Bertz CT molecular complexity index is 921. The number of thiocarbonyl (C=S) groups is 1. The number of benzene rings is 3. The normalized spacial score (nSPS) is 10.4. The van der Waals surface area contributed by atoms with Gasteiger partial charge in [-0.2, -0.15) is 0 Å². The molecule has 0 unspecified atom stereocenters. The molecule has 5 heteroatoms. The van der Waals surface area contributed by atoms with Crippen LogP contribution in [0, 0.1) is 13.8 Å². The second kappa shape index (κ2) is 9.43. The van der Waals surface area contributed by atoms with Gasteiger partial charge in [-0.3, -0.25) is 0 Å². The number of hydrogen-bond acceptors (Lipinski definition) is 3. The van der Waals surface area contributed by atoms with Crippen molar-refractivity contribution in [3.05, 3.63) is 89.0 Å². The SMILES string of the molecule is COc1ccc(N(Cc2ccc(C)cc2)Cc2ccc(C)cc2)cc1NC(N)=S. The van der Waals surface area contributed by atoms with Crippen LogP contribution in [0.1, 0.15) is 22.3 Å². The van der Waals surface area contributed by atoms with E-state index in [2.05, 4.69) is 78.7 Å². The maximum Gasteiger partial charge on any atom is 0.168 e. The Morgan fingerprint density at radius 3 is 1.86 bits per heavy atom. The molecular weight excluding hydrogens is 378 g/mol. The van der Waals surface area contributed by atoms with E-state index in [4.69, 9.17) is 22.7 Å². The van der Waals surface area contributed by atoms with Crippen molar-refractivity contribution in [2.45, 2.75) is 26.9 Å². The minimum absolute atomic E-state index is 0.212. The molecule has 0 aromatic heterocycles. The molecule has 29 heavy (non-hydrogen) atoms. The molecule has 0 aliphatic heterocycles. The van der Waals surface area contributed by atoms with E-state index in [-0.39, 0.29) is 5.11 Å². The fraction of sp³-hybridized carbons (Fsp3) is 0.208. The van der Waals surface area contributed by atoms with Gasteiger partial charge >= 0.3 is 0 Å². The van der Waals surface area contributed by atoms with E-state index in [0.29, 0.717) is 5.75 Å². The summed E-state index contributed by atoms with van der Waals surface area (Å²) in [7, 11) is 1.64. The number of anilines is 2. The van der Waals surface area contributed by atoms with Crippen LogP contribution >= 0.6 is 12.2 Å². The standard InChI is InChI=1S/C24H27N3OS/c1-17-4-8-19(9-5-17)15-27(16-20-10-6-18(2)7-11-20)21-12-13-23(28-3)22(14-21)26-24(25)29/h4-14H,15-16H2,1-3H3,(H3,25,26,29). The Kier molecular flexibility index (Phi) is 6.73. The molecule has 0 heterocycles. The fourth-order valence-corrected chi connectivity index (χ4v) is 3.30. The molecule has 0 bridgehead atoms. The van der Waals surface area contributed by atoms with Gasteiger partial charge in [0.15, 0.2) is 5.11 Å². The van der Waals surface area contributed by atoms with Crippen molar-refractivity contribution < 1.29 is 4.74 Å². The summed E-state index contributed by atoms with van der Waals surface area (Å²) < 4.78 is 5.45. The van der Waals surface area contributed by atoms with E-state index in [1.165, 1.54) is 22.3 Å². The lowest BCUT2D eigenvalue weighted by atomic mass is 10.1. The average molecular weight is 406 g/mol. The summed E-state index contributed by atoms with van der Waals surface area (Å²) in [6, 6.07) is 23.3. The third-order valence-electron chi connectivity index (χ3n) is 4.79. The number of nitrogens with zero attached hydrogens (tertiary/aromatic N) is 1. The van der Waals surface area contributed by atoms with E-state index in [1.807, 2.05) is 12.1 Å². The van der Waals surface area contributed by atoms with Crippen LogP contribution in [0.3, 0.4) is 0 Å². The van der Waals surface area contributed by atoms with Gasteiger partial charge < -0.3 is 20.7 Å². The van der Waals surface area contributed by atoms with Gasteiger partial charge in [0, 0.05) is 18.8 Å². The van der Waals surface area contributed by atoms with Gasteiger partial charge in [0.2, 0.25) is 0 Å². The van der Waals surface area contributed by atoms with Crippen molar-refractivity contribution >= 4 is 28.7 Å². The van der Waals surface area contributed by atoms with E-state index in [9.17, 15) is 0 Å². The molecule has 0 saturated heterocycles. The van der Waals surface area contributed by atoms with E-state index >= 15 is 0 Å². The van der Waals surface area contributed by atoms with E-state index in [0.717, 1.165) is 24.5 Å². The van der Waals surface area contributed by atoms with Crippen LogP contribution in [-0.2, 0) is 13.1 Å². The minimum Gasteiger partial charge on any atom is -0.495 e. The summed E-state index contributed by atoms with van der Waals surface area (Å²) in [6.07, 6.45) is 0. The fourth-order valence-electron chi connectivity index (χ4n) is 3.19. The van der Waals surface area contributed by atoms with E-state index < -0.39 is 0 Å². The Morgan fingerprint density at radius 1 is 0.897 bits per heavy atom. The highest BCUT2D eigenvalue weighted by Crippen LogP contribution is 2.31. The smallest absolute Gasteiger partial charge is 0.168 e. The zero-order valence-electron chi connectivity index (χ0n) is 17.1. The molecule has 4 nitrogen and oxygen atoms in total. The van der Waals surface area contributed by atoms with Crippen molar-refractivity contribution in [1.29, 1.82) is 0 Å². The molecule has 3 N–H and O–H groups in total. The molecule has 0 atom stereocenters. The quantitative estimate of drug-likeness (QED) is 0.531. The van der Waals surface area contributed by atoms with Gasteiger partial charge in [0.1, 0.15) is 5.75 Å². The third kappa shape index (κ3) is 5.72. The minimum atomic E-state index is 0.212. The Hall–Kier alpha value is -3.05. The highest BCUT2D eigenvalue weighted by Gasteiger charge is 2.13. The summed E-state index contributed by atoms with van der Waals surface area (Å²) in [5.41, 5.74) is 12.5. The second-order valence-corrected chi connectivity index (χ2v) is 7.64. The maximum atomic E-state index is 5.70. The van der Waals surface area contributed by atoms with Crippen molar-refractivity contribution in [1.82, 2.24) is 0 Å². The molecule has 3 rings (SSSR count). The first-order chi connectivity index (χ1) is 13.9. The summed E-state index contributed by atoms with van der Waals surface area (Å²) in [5, 5.41) is 3.23. The zero-order valence-corrected chi connectivity index (χ0v) is 17.9. The molecule has 0 saturated carbocycles. The zero-order chi connectivity index (χ0) is 20.8. The van der Waals surface area contributed by atoms with Crippen molar-refractivity contribution in [2.75, 3.05) is 17.3 Å². The maximum absolute atomic E-state index is 5.70. The highest BCUT2D eigenvalue weighted by atomic mass is 32.1. The number of nitrogens with two attached hydrogens (primary N) is 1. The van der Waals surface area contributed by atoms with Gasteiger partial charge in [0.05, 0.1) is 12.8 Å². The molecule has 0 aliphatic rings. The van der Waals surface area contributed by atoms with Gasteiger partial charge in [-0.25, -0.2) is 0 Å². The highest BCUT2D eigenvalue weighted by molar-refractivity contribution is 7.80. The number of aryl methyl sites for hydroxylation is 2. The molecule has 0 radical (unpaired) electrons. The lowest BCUT2D eigenvalue weighted by Gasteiger charge is -2.26. The van der Waals surface area contributed by atoms with Crippen LogP contribution in [0.15, 0.2) is 66.7 Å². The molecule has 0 spiro atoms. The molecule has 150 valence electrons. The number of methoxy groups -OCH3 is 1. The topological polar surface area (TPSA) is 50.5 Å². The molecule has 0 amide bonds. The first-order valence-electron chi connectivity index (χ1n) is 9.55. The molecule has 0 fully saturated rings. The largest absolute Gasteiger partial charge is 0.495 e. The Morgan fingerprint density at radius 2 is 1.41 bits per heavy atom. The van der Waals surface area contributed by atoms with Gasteiger partial charge in [0.25, 0.3) is 0 Å². The van der Waals surface area contributed by atoms with Crippen LogP contribution in [0.25, 0.3) is 0 Å². The average Bonchev–Trinajstić information content (AvgIpc) is 2.70. The molecule has 3 aromatic rings. The predicted octanol–water partition coefficient (Wildman–Crippen LogP) is 5.17. The summed E-state index contributed by atoms with van der Waals surface area (Å²) in [6.45, 7) is 5.77. The Labute approximate surface area is 178 Å².